The van der Waals surface area contributed by atoms with E-state index in [0.717, 1.165) is 12.1 Å². The van der Waals surface area contributed by atoms with Crippen molar-refractivity contribution >= 4 is 5.97 Å². The Balaban J connectivity index is 2.26. The summed E-state index contributed by atoms with van der Waals surface area (Å²) in [5, 5.41) is 0. The van der Waals surface area contributed by atoms with E-state index < -0.39 is 11.6 Å². The van der Waals surface area contributed by atoms with Gasteiger partial charge in [0.2, 0.25) is 0 Å². The second-order valence-electron chi connectivity index (χ2n) is 3.33. The topological polar surface area (TPSA) is 35.5 Å². The molecule has 0 aliphatic heterocycles. The first-order valence-corrected chi connectivity index (χ1v) is 5.37. The lowest BCUT2D eigenvalue weighted by molar-refractivity contribution is -0.143. The molecule has 0 radical (unpaired) electrons. The third kappa shape index (κ3) is 4.80. The zero-order valence-electron chi connectivity index (χ0n) is 9.54. The lowest BCUT2D eigenvalue weighted by Crippen LogP contribution is -2.06. The first-order valence-electron chi connectivity index (χ1n) is 5.37. The van der Waals surface area contributed by atoms with Crippen molar-refractivity contribution in [1.82, 2.24) is 0 Å². The van der Waals surface area contributed by atoms with Gasteiger partial charge in [-0.3, -0.25) is 4.79 Å². The number of ether oxygens (including phenoxy) is 2. The number of carbonyl (C=O) groups excluding carboxylic acids is 1. The quantitative estimate of drug-likeness (QED) is 0.570. The molecule has 0 N–H and O–H groups in total. The Morgan fingerprint density at radius 1 is 1.29 bits per heavy atom. The van der Waals surface area contributed by atoms with E-state index in [1.165, 1.54) is 6.07 Å². The lowest BCUT2D eigenvalue weighted by atomic mass is 10.3. The number of rotatable bonds is 6. The lowest BCUT2D eigenvalue weighted by Gasteiger charge is -2.06. The van der Waals surface area contributed by atoms with E-state index in [9.17, 15) is 13.6 Å². The van der Waals surface area contributed by atoms with Gasteiger partial charge in [-0.2, -0.15) is 0 Å². The Morgan fingerprint density at radius 2 is 2.06 bits per heavy atom. The minimum atomic E-state index is -0.951. The number of hydrogen-bond donors (Lipinski definition) is 0. The summed E-state index contributed by atoms with van der Waals surface area (Å²) >= 11 is 0. The summed E-state index contributed by atoms with van der Waals surface area (Å²) in [4.78, 5) is 11.0. The summed E-state index contributed by atoms with van der Waals surface area (Å²) in [5.41, 5.74) is 0. The van der Waals surface area contributed by atoms with E-state index in [4.69, 9.17) is 9.47 Å². The summed E-state index contributed by atoms with van der Waals surface area (Å²) in [6, 6.07) is 3.30. The Kier molecular flexibility index (Phi) is 5.39. The van der Waals surface area contributed by atoms with Gasteiger partial charge in [0.15, 0.2) is 11.6 Å². The molecule has 0 bridgehead atoms. The van der Waals surface area contributed by atoms with Crippen LogP contribution in [0, 0.1) is 11.6 Å². The van der Waals surface area contributed by atoms with Crippen LogP contribution in [0.15, 0.2) is 18.2 Å². The molecule has 1 rings (SSSR count). The molecule has 0 atom stereocenters. The highest BCUT2D eigenvalue weighted by molar-refractivity contribution is 5.69. The Morgan fingerprint density at radius 3 is 2.71 bits per heavy atom. The molecule has 0 saturated heterocycles. The van der Waals surface area contributed by atoms with Crippen LogP contribution in [-0.2, 0) is 9.53 Å². The van der Waals surface area contributed by atoms with Crippen molar-refractivity contribution in [3.05, 3.63) is 29.8 Å². The molecule has 1 aromatic carbocycles. The van der Waals surface area contributed by atoms with Gasteiger partial charge in [-0.25, -0.2) is 8.78 Å². The fourth-order valence-electron chi connectivity index (χ4n) is 1.21. The molecule has 0 amide bonds. The summed E-state index contributed by atoms with van der Waals surface area (Å²) in [7, 11) is 0. The number of carbonyl (C=O) groups is 1. The van der Waals surface area contributed by atoms with Crippen molar-refractivity contribution in [3.8, 4) is 5.75 Å². The highest BCUT2D eigenvalue weighted by atomic mass is 19.2. The van der Waals surface area contributed by atoms with Crippen LogP contribution in [-0.4, -0.2) is 19.2 Å². The van der Waals surface area contributed by atoms with Crippen LogP contribution in [0.2, 0.25) is 0 Å². The first-order chi connectivity index (χ1) is 8.13. The van der Waals surface area contributed by atoms with Crippen LogP contribution in [0.5, 0.6) is 5.75 Å². The molecule has 0 heterocycles. The first kappa shape index (κ1) is 13.4. The minimum Gasteiger partial charge on any atom is -0.493 e. The Hall–Kier alpha value is -1.65. The monoisotopic (exact) mass is 244 g/mol. The van der Waals surface area contributed by atoms with Gasteiger partial charge in [0.1, 0.15) is 5.75 Å². The Bertz CT molecular complexity index is 380. The maximum absolute atomic E-state index is 12.8. The summed E-state index contributed by atoms with van der Waals surface area (Å²) in [5.74, 6) is -1.91. The second-order valence-corrected chi connectivity index (χ2v) is 3.33. The maximum Gasteiger partial charge on any atom is 0.305 e. The molecule has 5 heteroatoms. The third-order valence-corrected chi connectivity index (χ3v) is 1.99. The number of hydrogen-bond acceptors (Lipinski definition) is 3. The van der Waals surface area contributed by atoms with E-state index in [-0.39, 0.29) is 24.7 Å². The van der Waals surface area contributed by atoms with E-state index in [1.54, 1.807) is 6.92 Å². The molecule has 0 unspecified atom stereocenters. The molecule has 0 aliphatic carbocycles. The normalized spacial score (nSPS) is 10.1. The highest BCUT2D eigenvalue weighted by Gasteiger charge is 2.04. The largest absolute Gasteiger partial charge is 0.493 e. The molecule has 0 saturated carbocycles. The highest BCUT2D eigenvalue weighted by Crippen LogP contribution is 2.15. The van der Waals surface area contributed by atoms with Crippen molar-refractivity contribution in [1.29, 1.82) is 0 Å². The molecular weight excluding hydrogens is 230 g/mol. The summed E-state index contributed by atoms with van der Waals surface area (Å²) < 4.78 is 35.3. The fraction of sp³-hybridized carbons (Fsp3) is 0.417. The number of esters is 1. The van der Waals surface area contributed by atoms with E-state index >= 15 is 0 Å². The van der Waals surface area contributed by atoms with Gasteiger partial charge < -0.3 is 9.47 Å². The molecule has 0 aliphatic rings. The van der Waals surface area contributed by atoms with Crippen molar-refractivity contribution in [2.75, 3.05) is 13.2 Å². The molecule has 3 nitrogen and oxygen atoms in total. The van der Waals surface area contributed by atoms with Crippen molar-refractivity contribution in [2.24, 2.45) is 0 Å². The van der Waals surface area contributed by atoms with Crippen molar-refractivity contribution in [2.45, 2.75) is 19.8 Å². The van der Waals surface area contributed by atoms with E-state index in [2.05, 4.69) is 0 Å². The van der Waals surface area contributed by atoms with Gasteiger partial charge in [0.05, 0.1) is 13.2 Å². The molecule has 94 valence electrons. The molecule has 0 spiro atoms. The minimum absolute atomic E-state index is 0.243. The molecular formula is C12H14F2O3. The van der Waals surface area contributed by atoms with Gasteiger partial charge in [0.25, 0.3) is 0 Å². The standard InChI is InChI=1S/C12H14F2O3/c1-2-16-12(15)4-3-7-17-9-5-6-10(13)11(14)8-9/h5-6,8H,2-4,7H2,1H3. The van der Waals surface area contributed by atoms with Crippen molar-refractivity contribution in [3.63, 3.8) is 0 Å². The SMILES string of the molecule is CCOC(=O)CCCOc1ccc(F)c(F)c1. The van der Waals surface area contributed by atoms with Gasteiger partial charge in [0, 0.05) is 12.5 Å². The van der Waals surface area contributed by atoms with Gasteiger partial charge in [-0.05, 0) is 25.5 Å². The second kappa shape index (κ2) is 6.83. The van der Waals surface area contributed by atoms with Crippen LogP contribution in [0.3, 0.4) is 0 Å². The fourth-order valence-corrected chi connectivity index (χ4v) is 1.21. The maximum atomic E-state index is 12.8. The van der Waals surface area contributed by atoms with Crippen LogP contribution in [0.1, 0.15) is 19.8 Å². The van der Waals surface area contributed by atoms with E-state index in [0.29, 0.717) is 13.0 Å². The van der Waals surface area contributed by atoms with Crippen LogP contribution in [0.25, 0.3) is 0 Å². The molecule has 1 aromatic rings. The van der Waals surface area contributed by atoms with E-state index in [1.807, 2.05) is 0 Å². The Labute approximate surface area is 98.3 Å². The average molecular weight is 244 g/mol. The average Bonchev–Trinajstić information content (AvgIpc) is 2.29. The van der Waals surface area contributed by atoms with Gasteiger partial charge in [-0.15, -0.1) is 0 Å². The molecule has 0 fully saturated rings. The van der Waals surface area contributed by atoms with Crippen LogP contribution < -0.4 is 4.74 Å². The number of halogens is 2. The third-order valence-electron chi connectivity index (χ3n) is 1.99. The molecule has 17 heavy (non-hydrogen) atoms. The van der Waals surface area contributed by atoms with Gasteiger partial charge >= 0.3 is 5.97 Å². The smallest absolute Gasteiger partial charge is 0.305 e. The predicted octanol–water partition coefficient (Wildman–Crippen LogP) is 2.69. The number of benzene rings is 1. The zero-order valence-corrected chi connectivity index (χ0v) is 9.54. The van der Waals surface area contributed by atoms with Crippen LogP contribution in [0.4, 0.5) is 8.78 Å². The van der Waals surface area contributed by atoms with Gasteiger partial charge in [-0.1, -0.05) is 0 Å². The molecule has 0 aromatic heterocycles. The summed E-state index contributed by atoms with van der Waals surface area (Å²) in [6.07, 6.45) is 0.718. The summed E-state index contributed by atoms with van der Waals surface area (Å²) in [6.45, 7) is 2.34. The van der Waals surface area contributed by atoms with Crippen LogP contribution >= 0.6 is 0 Å². The zero-order chi connectivity index (χ0) is 12.7. The predicted molar refractivity (Wildman–Crippen MR) is 57.7 cm³/mol. The van der Waals surface area contributed by atoms with Crippen molar-refractivity contribution < 1.29 is 23.0 Å².